The van der Waals surface area contributed by atoms with E-state index in [0.717, 1.165) is 11.1 Å². The topological polar surface area (TPSA) is 33.2 Å². The Morgan fingerprint density at radius 1 is 1.18 bits per heavy atom. The maximum absolute atomic E-state index is 12.9. The lowest BCUT2D eigenvalue weighted by molar-refractivity contribution is -0.122. The highest BCUT2D eigenvalue weighted by molar-refractivity contribution is 8.26. The molecule has 3 rings (SSSR count). The first-order valence-electron chi connectivity index (χ1n) is 6.53. The van der Waals surface area contributed by atoms with Crippen LogP contribution in [0.5, 0.6) is 0 Å². The minimum absolute atomic E-state index is 0.129. The van der Waals surface area contributed by atoms with Crippen molar-refractivity contribution >= 4 is 40.3 Å². The van der Waals surface area contributed by atoms with Crippen LogP contribution in [0.25, 0.3) is 6.08 Å². The molecule has 1 aliphatic rings. The van der Waals surface area contributed by atoms with Crippen molar-refractivity contribution in [2.24, 2.45) is 0 Å². The number of rotatable bonds is 3. The van der Waals surface area contributed by atoms with E-state index in [1.165, 1.54) is 23.9 Å². The SMILES string of the molecule is O=C1/C(=C/c2ccc(F)cc2)SC(=S)N1Cc1ccncc1. The molecule has 0 radical (unpaired) electrons. The van der Waals surface area contributed by atoms with E-state index in [1.807, 2.05) is 12.1 Å². The second-order valence-corrected chi connectivity index (χ2v) is 6.35. The molecule has 2 heterocycles. The highest BCUT2D eigenvalue weighted by Crippen LogP contribution is 2.33. The summed E-state index contributed by atoms with van der Waals surface area (Å²) >= 11 is 6.54. The summed E-state index contributed by atoms with van der Waals surface area (Å²) in [6.45, 7) is 0.425. The molecule has 0 aliphatic carbocycles. The lowest BCUT2D eigenvalue weighted by Crippen LogP contribution is -2.27. The number of pyridine rings is 1. The Kier molecular flexibility index (Phi) is 4.31. The summed E-state index contributed by atoms with van der Waals surface area (Å²) in [5.41, 5.74) is 1.74. The monoisotopic (exact) mass is 330 g/mol. The molecule has 1 aliphatic heterocycles. The first-order valence-corrected chi connectivity index (χ1v) is 7.76. The zero-order chi connectivity index (χ0) is 15.5. The van der Waals surface area contributed by atoms with Gasteiger partial charge < -0.3 is 0 Å². The van der Waals surface area contributed by atoms with Crippen LogP contribution in [0.4, 0.5) is 4.39 Å². The van der Waals surface area contributed by atoms with E-state index in [2.05, 4.69) is 4.98 Å². The van der Waals surface area contributed by atoms with Gasteiger partial charge in [-0.3, -0.25) is 14.7 Å². The molecule has 110 valence electrons. The summed E-state index contributed by atoms with van der Waals surface area (Å²) in [4.78, 5) is 18.5. The molecular formula is C16H11FN2OS2. The van der Waals surface area contributed by atoms with Crippen molar-refractivity contribution in [1.82, 2.24) is 9.88 Å². The van der Waals surface area contributed by atoms with Crippen molar-refractivity contribution in [3.8, 4) is 0 Å². The Hall–Kier alpha value is -2.05. The molecule has 0 atom stereocenters. The van der Waals surface area contributed by atoms with Crippen LogP contribution in [-0.2, 0) is 11.3 Å². The minimum atomic E-state index is -0.303. The smallest absolute Gasteiger partial charge is 0.266 e. The van der Waals surface area contributed by atoms with Gasteiger partial charge in [0.1, 0.15) is 10.1 Å². The van der Waals surface area contributed by atoms with Gasteiger partial charge in [-0.1, -0.05) is 36.1 Å². The number of benzene rings is 1. The fourth-order valence-electron chi connectivity index (χ4n) is 2.02. The van der Waals surface area contributed by atoms with Gasteiger partial charge in [-0.15, -0.1) is 0 Å². The van der Waals surface area contributed by atoms with Crippen molar-refractivity contribution in [1.29, 1.82) is 0 Å². The lowest BCUT2D eigenvalue weighted by atomic mass is 10.2. The predicted octanol–water partition coefficient (Wildman–Crippen LogP) is 3.62. The van der Waals surface area contributed by atoms with E-state index in [1.54, 1.807) is 35.5 Å². The normalized spacial score (nSPS) is 16.6. The quantitative estimate of drug-likeness (QED) is 0.636. The number of carbonyl (C=O) groups excluding carboxylic acids is 1. The molecule has 1 saturated heterocycles. The van der Waals surface area contributed by atoms with Gasteiger partial charge >= 0.3 is 0 Å². The average molecular weight is 330 g/mol. The molecule has 0 N–H and O–H groups in total. The molecule has 0 saturated carbocycles. The van der Waals surface area contributed by atoms with Gasteiger partial charge in [-0.2, -0.15) is 0 Å². The van der Waals surface area contributed by atoms with Crippen LogP contribution in [0.2, 0.25) is 0 Å². The Balaban J connectivity index is 1.80. The van der Waals surface area contributed by atoms with Gasteiger partial charge in [0.2, 0.25) is 0 Å². The van der Waals surface area contributed by atoms with Crippen molar-refractivity contribution in [2.75, 3.05) is 0 Å². The molecule has 6 heteroatoms. The number of thioether (sulfide) groups is 1. The average Bonchev–Trinajstić information content (AvgIpc) is 2.78. The van der Waals surface area contributed by atoms with Crippen LogP contribution in [0.1, 0.15) is 11.1 Å². The molecule has 3 nitrogen and oxygen atoms in total. The van der Waals surface area contributed by atoms with Crippen LogP contribution in [-0.4, -0.2) is 20.1 Å². The van der Waals surface area contributed by atoms with Crippen molar-refractivity contribution in [3.63, 3.8) is 0 Å². The number of amides is 1. The van der Waals surface area contributed by atoms with Crippen molar-refractivity contribution in [3.05, 3.63) is 70.6 Å². The van der Waals surface area contributed by atoms with Crippen molar-refractivity contribution in [2.45, 2.75) is 6.54 Å². The zero-order valence-corrected chi connectivity index (χ0v) is 13.0. The number of carbonyl (C=O) groups is 1. The highest BCUT2D eigenvalue weighted by Gasteiger charge is 2.31. The molecule has 0 bridgehead atoms. The highest BCUT2D eigenvalue weighted by atomic mass is 32.2. The largest absolute Gasteiger partial charge is 0.288 e. The number of aromatic nitrogens is 1. The standard InChI is InChI=1S/C16H11FN2OS2/c17-13-3-1-11(2-4-13)9-14-15(20)19(16(21)22-14)10-12-5-7-18-8-6-12/h1-9H,10H2/b14-9-. The second kappa shape index (κ2) is 6.37. The second-order valence-electron chi connectivity index (χ2n) is 4.67. The van der Waals surface area contributed by atoms with E-state index >= 15 is 0 Å². The van der Waals surface area contributed by atoms with Gasteiger partial charge in [0.05, 0.1) is 11.4 Å². The summed E-state index contributed by atoms with van der Waals surface area (Å²) in [6.07, 6.45) is 5.09. The summed E-state index contributed by atoms with van der Waals surface area (Å²) in [7, 11) is 0. The molecular weight excluding hydrogens is 319 g/mol. The van der Waals surface area contributed by atoms with Crippen LogP contribution in [0.3, 0.4) is 0 Å². The van der Waals surface area contributed by atoms with Gasteiger partial charge in [-0.25, -0.2) is 4.39 Å². The summed E-state index contributed by atoms with van der Waals surface area (Å²) in [6, 6.07) is 9.69. The van der Waals surface area contributed by atoms with E-state index in [0.29, 0.717) is 15.8 Å². The molecule has 1 aromatic heterocycles. The maximum atomic E-state index is 12.9. The Morgan fingerprint density at radius 2 is 1.86 bits per heavy atom. The molecule has 0 unspecified atom stereocenters. The predicted molar refractivity (Wildman–Crippen MR) is 89.4 cm³/mol. The third-order valence-electron chi connectivity index (χ3n) is 3.13. The van der Waals surface area contributed by atoms with Crippen LogP contribution >= 0.6 is 24.0 Å². The fraction of sp³-hybridized carbons (Fsp3) is 0.0625. The summed E-state index contributed by atoms with van der Waals surface area (Å²) in [5, 5.41) is 0. The van der Waals surface area contributed by atoms with Gasteiger partial charge in [0.15, 0.2) is 0 Å². The summed E-state index contributed by atoms with van der Waals surface area (Å²) in [5.74, 6) is -0.432. The summed E-state index contributed by atoms with van der Waals surface area (Å²) < 4.78 is 13.4. The van der Waals surface area contributed by atoms with Gasteiger partial charge in [0.25, 0.3) is 5.91 Å². The van der Waals surface area contributed by atoms with E-state index < -0.39 is 0 Å². The molecule has 1 amide bonds. The number of thiocarbonyl (C=S) groups is 1. The van der Waals surface area contributed by atoms with E-state index in [4.69, 9.17) is 12.2 Å². The van der Waals surface area contributed by atoms with E-state index in [-0.39, 0.29) is 11.7 Å². The fourth-order valence-corrected chi connectivity index (χ4v) is 3.27. The first kappa shape index (κ1) is 14.9. The molecule has 2 aromatic rings. The van der Waals surface area contributed by atoms with Crippen LogP contribution in [0, 0.1) is 5.82 Å². The number of nitrogens with zero attached hydrogens (tertiary/aromatic N) is 2. The zero-order valence-electron chi connectivity index (χ0n) is 11.4. The van der Waals surface area contributed by atoms with Crippen LogP contribution < -0.4 is 0 Å². The lowest BCUT2D eigenvalue weighted by Gasteiger charge is -2.14. The maximum Gasteiger partial charge on any atom is 0.266 e. The third kappa shape index (κ3) is 3.23. The van der Waals surface area contributed by atoms with Gasteiger partial charge in [0, 0.05) is 12.4 Å². The van der Waals surface area contributed by atoms with E-state index in [9.17, 15) is 9.18 Å². The third-order valence-corrected chi connectivity index (χ3v) is 4.51. The molecule has 1 aromatic carbocycles. The molecule has 0 spiro atoms. The van der Waals surface area contributed by atoms with Gasteiger partial charge in [-0.05, 0) is 41.5 Å². The first-order chi connectivity index (χ1) is 10.6. The number of hydrogen-bond acceptors (Lipinski definition) is 4. The Morgan fingerprint density at radius 3 is 2.55 bits per heavy atom. The minimum Gasteiger partial charge on any atom is -0.288 e. The van der Waals surface area contributed by atoms with Crippen LogP contribution in [0.15, 0.2) is 53.7 Å². The number of halogens is 1. The Labute approximate surface area is 136 Å². The Bertz CT molecular complexity index is 745. The number of hydrogen-bond donors (Lipinski definition) is 0. The molecule has 1 fully saturated rings. The van der Waals surface area contributed by atoms with Crippen molar-refractivity contribution < 1.29 is 9.18 Å². The molecule has 22 heavy (non-hydrogen) atoms.